The summed E-state index contributed by atoms with van der Waals surface area (Å²) in [5.41, 5.74) is 2.74. The van der Waals surface area contributed by atoms with Crippen molar-refractivity contribution in [2.24, 2.45) is 0 Å². The first-order valence-corrected chi connectivity index (χ1v) is 10.2. The van der Waals surface area contributed by atoms with Crippen LogP contribution >= 0.6 is 0 Å². The maximum atomic E-state index is 13.1. The van der Waals surface area contributed by atoms with Crippen LogP contribution in [0.1, 0.15) is 53.2 Å². The number of carbonyl (C=O) groups is 1. The Balaban J connectivity index is 1.72. The van der Waals surface area contributed by atoms with Crippen molar-refractivity contribution in [2.45, 2.75) is 45.7 Å². The Bertz CT molecular complexity index is 979. The van der Waals surface area contributed by atoms with E-state index in [1.807, 2.05) is 31.2 Å². The van der Waals surface area contributed by atoms with E-state index in [1.165, 1.54) is 6.42 Å². The summed E-state index contributed by atoms with van der Waals surface area (Å²) in [4.78, 5) is 15.5. The highest BCUT2D eigenvalue weighted by Gasteiger charge is 2.34. The predicted molar refractivity (Wildman–Crippen MR) is 112 cm³/mol. The lowest BCUT2D eigenvalue weighted by molar-refractivity contribution is 0.101. The van der Waals surface area contributed by atoms with E-state index < -0.39 is 0 Å². The number of piperidine rings is 1. The van der Waals surface area contributed by atoms with Gasteiger partial charge in [0.15, 0.2) is 5.76 Å². The predicted octanol–water partition coefficient (Wildman–Crippen LogP) is 4.70. The number of Topliss-reactive ketones (excluding diaryl/α,β-unsaturated/α-hetero) is 1. The minimum absolute atomic E-state index is 0.156. The summed E-state index contributed by atoms with van der Waals surface area (Å²) in [5, 5.41) is 10.7. The SMILES string of the molecule is COc1ccccc1/C=C1\Oc2c(CN3CCCCC3C)c(O)cc(C)c2C1=O. The number of ether oxygens (including phenoxy) is 2. The van der Waals surface area contributed by atoms with Crippen LogP contribution in [0.4, 0.5) is 0 Å². The number of likely N-dealkylation sites (tertiary alicyclic amines) is 1. The Kier molecular flexibility index (Phi) is 5.33. The number of rotatable bonds is 4. The quantitative estimate of drug-likeness (QED) is 0.763. The third kappa shape index (κ3) is 3.62. The summed E-state index contributed by atoms with van der Waals surface area (Å²) in [6.07, 6.45) is 5.24. The molecule has 152 valence electrons. The van der Waals surface area contributed by atoms with Gasteiger partial charge >= 0.3 is 0 Å². The number of benzene rings is 2. The average molecular weight is 393 g/mol. The van der Waals surface area contributed by atoms with E-state index in [2.05, 4.69) is 11.8 Å². The fourth-order valence-electron chi connectivity index (χ4n) is 4.26. The number of phenolic OH excluding ortho intramolecular Hbond substituents is 1. The van der Waals surface area contributed by atoms with Gasteiger partial charge < -0.3 is 14.6 Å². The molecule has 1 N–H and O–H groups in total. The van der Waals surface area contributed by atoms with E-state index in [0.717, 1.165) is 30.5 Å². The van der Waals surface area contributed by atoms with E-state index in [9.17, 15) is 9.90 Å². The topological polar surface area (TPSA) is 59.0 Å². The molecular formula is C24H27NO4. The molecule has 1 atom stereocenters. The van der Waals surface area contributed by atoms with E-state index in [0.29, 0.717) is 35.2 Å². The summed E-state index contributed by atoms with van der Waals surface area (Å²) >= 11 is 0. The fraction of sp³-hybridized carbons (Fsp3) is 0.375. The fourth-order valence-corrected chi connectivity index (χ4v) is 4.26. The second kappa shape index (κ2) is 7.91. The highest BCUT2D eigenvalue weighted by molar-refractivity contribution is 6.16. The summed E-state index contributed by atoms with van der Waals surface area (Å²) in [7, 11) is 1.60. The van der Waals surface area contributed by atoms with Crippen LogP contribution in [0.25, 0.3) is 6.08 Å². The standard InChI is InChI=1S/C24H27NO4/c1-15-12-19(26)18(14-25-11-7-6-8-16(25)2)24-22(15)23(27)21(29-24)13-17-9-4-5-10-20(17)28-3/h4-5,9-10,12-13,16,26H,6-8,11,14H2,1-3H3/b21-13-. The van der Waals surface area contributed by atoms with Crippen molar-refractivity contribution in [3.63, 3.8) is 0 Å². The summed E-state index contributed by atoms with van der Waals surface area (Å²) in [6.45, 7) is 5.61. The number of allylic oxidation sites excluding steroid dienone is 1. The van der Waals surface area contributed by atoms with Gasteiger partial charge in [-0.05, 0) is 57.0 Å². The monoisotopic (exact) mass is 393 g/mol. The van der Waals surface area contributed by atoms with Crippen LogP contribution < -0.4 is 9.47 Å². The highest BCUT2D eigenvalue weighted by atomic mass is 16.5. The van der Waals surface area contributed by atoms with Crippen LogP contribution in [-0.2, 0) is 6.54 Å². The van der Waals surface area contributed by atoms with Gasteiger partial charge in [0.25, 0.3) is 0 Å². The van der Waals surface area contributed by atoms with Crippen molar-refractivity contribution in [3.05, 3.63) is 58.3 Å². The number of fused-ring (bicyclic) bond motifs is 1. The van der Waals surface area contributed by atoms with Gasteiger partial charge in [-0.15, -0.1) is 0 Å². The number of aryl methyl sites for hydroxylation is 1. The number of para-hydroxylation sites is 1. The van der Waals surface area contributed by atoms with Gasteiger partial charge in [-0.2, -0.15) is 0 Å². The molecule has 0 aliphatic carbocycles. The number of hydrogen-bond acceptors (Lipinski definition) is 5. The lowest BCUT2D eigenvalue weighted by Crippen LogP contribution is -2.36. The normalized spacial score (nSPS) is 20.6. The first-order chi connectivity index (χ1) is 14.0. The summed E-state index contributed by atoms with van der Waals surface area (Å²) in [6, 6.07) is 9.62. The molecular weight excluding hydrogens is 366 g/mol. The number of aromatic hydroxyl groups is 1. The third-order valence-electron chi connectivity index (χ3n) is 5.95. The van der Waals surface area contributed by atoms with Gasteiger partial charge in [-0.1, -0.05) is 24.6 Å². The second-order valence-electron chi connectivity index (χ2n) is 7.89. The zero-order valence-corrected chi connectivity index (χ0v) is 17.2. The number of hydrogen-bond donors (Lipinski definition) is 1. The van der Waals surface area contributed by atoms with Gasteiger partial charge in [0, 0.05) is 18.2 Å². The van der Waals surface area contributed by atoms with Crippen molar-refractivity contribution in [1.82, 2.24) is 4.90 Å². The Morgan fingerprint density at radius 2 is 2.10 bits per heavy atom. The Hall–Kier alpha value is -2.79. The van der Waals surface area contributed by atoms with Gasteiger partial charge in [-0.3, -0.25) is 9.69 Å². The van der Waals surface area contributed by atoms with Crippen LogP contribution in [-0.4, -0.2) is 35.5 Å². The molecule has 2 heterocycles. The number of methoxy groups -OCH3 is 1. The Morgan fingerprint density at radius 3 is 2.86 bits per heavy atom. The molecule has 5 heteroatoms. The molecule has 0 bridgehead atoms. The zero-order chi connectivity index (χ0) is 20.5. The van der Waals surface area contributed by atoms with E-state index in [-0.39, 0.29) is 17.3 Å². The van der Waals surface area contributed by atoms with Crippen LogP contribution in [0.2, 0.25) is 0 Å². The molecule has 2 aliphatic rings. The van der Waals surface area contributed by atoms with Crippen LogP contribution in [0, 0.1) is 6.92 Å². The molecule has 4 rings (SSSR count). The molecule has 2 aliphatic heterocycles. The van der Waals surface area contributed by atoms with Gasteiger partial charge in [0.05, 0.1) is 18.2 Å². The van der Waals surface area contributed by atoms with Crippen molar-refractivity contribution in [3.8, 4) is 17.2 Å². The third-order valence-corrected chi connectivity index (χ3v) is 5.95. The molecule has 1 fully saturated rings. The molecule has 2 aromatic carbocycles. The van der Waals surface area contributed by atoms with E-state index in [1.54, 1.807) is 19.3 Å². The molecule has 0 saturated carbocycles. The van der Waals surface area contributed by atoms with Crippen LogP contribution in [0.5, 0.6) is 17.2 Å². The number of carbonyl (C=O) groups excluding carboxylic acids is 1. The highest BCUT2D eigenvalue weighted by Crippen LogP contribution is 2.43. The maximum absolute atomic E-state index is 13.1. The smallest absolute Gasteiger partial charge is 0.232 e. The first kappa shape index (κ1) is 19.5. The molecule has 0 spiro atoms. The molecule has 0 amide bonds. The lowest BCUT2D eigenvalue weighted by Gasteiger charge is -2.33. The molecule has 5 nitrogen and oxygen atoms in total. The lowest BCUT2D eigenvalue weighted by atomic mass is 9.97. The van der Waals surface area contributed by atoms with E-state index in [4.69, 9.17) is 9.47 Å². The Morgan fingerprint density at radius 1 is 1.31 bits per heavy atom. The molecule has 1 saturated heterocycles. The minimum atomic E-state index is -0.156. The zero-order valence-electron chi connectivity index (χ0n) is 17.2. The molecule has 1 unspecified atom stereocenters. The van der Waals surface area contributed by atoms with Gasteiger partial charge in [0.2, 0.25) is 5.78 Å². The summed E-state index contributed by atoms with van der Waals surface area (Å²) < 4.78 is 11.5. The number of nitrogens with zero attached hydrogens (tertiary/aromatic N) is 1. The summed E-state index contributed by atoms with van der Waals surface area (Å²) in [5.74, 6) is 1.45. The number of phenols is 1. The van der Waals surface area contributed by atoms with Crippen molar-refractivity contribution in [1.29, 1.82) is 0 Å². The van der Waals surface area contributed by atoms with Crippen molar-refractivity contribution < 1.29 is 19.4 Å². The maximum Gasteiger partial charge on any atom is 0.232 e. The largest absolute Gasteiger partial charge is 0.507 e. The van der Waals surface area contributed by atoms with Gasteiger partial charge in [-0.25, -0.2) is 0 Å². The van der Waals surface area contributed by atoms with Crippen LogP contribution in [0.15, 0.2) is 36.1 Å². The molecule has 0 aromatic heterocycles. The van der Waals surface area contributed by atoms with Crippen molar-refractivity contribution >= 4 is 11.9 Å². The van der Waals surface area contributed by atoms with Crippen molar-refractivity contribution in [2.75, 3.05) is 13.7 Å². The first-order valence-electron chi connectivity index (χ1n) is 10.2. The average Bonchev–Trinajstić information content (AvgIpc) is 3.03. The number of ketones is 1. The molecule has 0 radical (unpaired) electrons. The Labute approximate surface area is 171 Å². The molecule has 29 heavy (non-hydrogen) atoms. The van der Waals surface area contributed by atoms with Gasteiger partial charge in [0.1, 0.15) is 17.2 Å². The second-order valence-corrected chi connectivity index (χ2v) is 7.89. The minimum Gasteiger partial charge on any atom is -0.507 e. The van der Waals surface area contributed by atoms with Crippen LogP contribution in [0.3, 0.4) is 0 Å². The molecule has 2 aromatic rings. The van der Waals surface area contributed by atoms with E-state index >= 15 is 0 Å².